The molecular formula is C7H11Br. The molecule has 0 unspecified atom stereocenters. The van der Waals surface area contributed by atoms with Gasteiger partial charge in [-0.3, -0.25) is 0 Å². The second-order valence-corrected chi connectivity index (χ2v) is 2.84. The van der Waals surface area contributed by atoms with Crippen molar-refractivity contribution in [2.24, 2.45) is 0 Å². The van der Waals surface area contributed by atoms with E-state index in [0.717, 1.165) is 6.42 Å². The maximum Gasteiger partial charge on any atom is -0.00805 e. The van der Waals surface area contributed by atoms with Crippen LogP contribution in [0, 0.1) is 0 Å². The first-order chi connectivity index (χ1) is 3.77. The number of hydrogen-bond acceptors (Lipinski definition) is 0. The van der Waals surface area contributed by atoms with Crippen LogP contribution in [0.1, 0.15) is 20.3 Å². The lowest BCUT2D eigenvalue weighted by molar-refractivity contribution is 1.22. The zero-order valence-electron chi connectivity index (χ0n) is 5.32. The van der Waals surface area contributed by atoms with E-state index >= 15 is 0 Å². The predicted octanol–water partition coefficient (Wildman–Crippen LogP) is 3.25. The first kappa shape index (κ1) is 7.96. The normalized spacial score (nSPS) is 13.1. The first-order valence-electron chi connectivity index (χ1n) is 2.76. The van der Waals surface area contributed by atoms with Gasteiger partial charge in [-0.2, -0.15) is 0 Å². The molecule has 46 valence electrons. The molecular weight excluding hydrogens is 164 g/mol. The molecule has 8 heavy (non-hydrogen) atoms. The van der Waals surface area contributed by atoms with Gasteiger partial charge in [-0.1, -0.05) is 41.1 Å². The Labute approximate surface area is 59.4 Å². The summed E-state index contributed by atoms with van der Waals surface area (Å²) in [6.45, 7) is 4.13. The van der Waals surface area contributed by atoms with Crippen LogP contribution in [0.15, 0.2) is 22.7 Å². The third-order valence-corrected chi connectivity index (χ3v) is 0.962. The summed E-state index contributed by atoms with van der Waals surface area (Å²) in [7, 11) is 0. The van der Waals surface area contributed by atoms with Crippen LogP contribution < -0.4 is 0 Å². The van der Waals surface area contributed by atoms with E-state index in [1.165, 1.54) is 4.48 Å². The molecule has 0 aromatic heterocycles. The molecule has 0 fully saturated rings. The molecule has 0 aromatic carbocycles. The van der Waals surface area contributed by atoms with Gasteiger partial charge in [0.1, 0.15) is 0 Å². The van der Waals surface area contributed by atoms with Gasteiger partial charge in [-0.05, 0) is 17.8 Å². The van der Waals surface area contributed by atoms with Crippen LogP contribution in [-0.2, 0) is 0 Å². The van der Waals surface area contributed by atoms with Crippen LogP contribution >= 0.6 is 15.9 Å². The van der Waals surface area contributed by atoms with Crippen LogP contribution in [-0.4, -0.2) is 0 Å². The highest BCUT2D eigenvalue weighted by atomic mass is 79.9. The molecule has 0 aliphatic heterocycles. The summed E-state index contributed by atoms with van der Waals surface area (Å²) in [4.78, 5) is 0. The Morgan fingerprint density at radius 2 is 2.25 bits per heavy atom. The summed E-state index contributed by atoms with van der Waals surface area (Å²) < 4.78 is 1.17. The molecule has 0 saturated carbocycles. The van der Waals surface area contributed by atoms with Crippen molar-refractivity contribution in [1.29, 1.82) is 0 Å². The lowest BCUT2D eigenvalue weighted by atomic mass is 10.4. The van der Waals surface area contributed by atoms with Gasteiger partial charge in [0.15, 0.2) is 0 Å². The minimum Gasteiger partial charge on any atom is -0.0848 e. The fourth-order valence-corrected chi connectivity index (χ4v) is 0.489. The van der Waals surface area contributed by atoms with E-state index in [-0.39, 0.29) is 0 Å². The van der Waals surface area contributed by atoms with Gasteiger partial charge in [0, 0.05) is 0 Å². The molecule has 0 spiro atoms. The van der Waals surface area contributed by atoms with Gasteiger partial charge in [0.2, 0.25) is 0 Å². The molecule has 0 aliphatic rings. The van der Waals surface area contributed by atoms with Crippen molar-refractivity contribution in [3.8, 4) is 0 Å². The standard InChI is InChI=1S/C7H11Br/c1-3-4-5-6-7(2)8/h4-6H,3H2,1-2H3/b5-4-,7-6+. The third kappa shape index (κ3) is 5.96. The van der Waals surface area contributed by atoms with E-state index in [4.69, 9.17) is 0 Å². The summed E-state index contributed by atoms with van der Waals surface area (Å²) in [5, 5.41) is 0. The van der Waals surface area contributed by atoms with Crippen LogP contribution in [0.3, 0.4) is 0 Å². The van der Waals surface area contributed by atoms with Gasteiger partial charge in [-0.15, -0.1) is 0 Å². The smallest absolute Gasteiger partial charge is 0.00805 e. The molecule has 0 saturated heterocycles. The van der Waals surface area contributed by atoms with Crippen LogP contribution in [0.2, 0.25) is 0 Å². The van der Waals surface area contributed by atoms with Gasteiger partial charge in [0.25, 0.3) is 0 Å². The maximum absolute atomic E-state index is 3.31. The molecule has 0 rings (SSSR count). The molecule has 0 nitrogen and oxygen atoms in total. The quantitative estimate of drug-likeness (QED) is 0.565. The fourth-order valence-electron chi connectivity index (χ4n) is 0.337. The fraction of sp³-hybridized carbons (Fsp3) is 0.429. The Balaban J connectivity index is 3.42. The molecule has 0 aliphatic carbocycles. The van der Waals surface area contributed by atoms with Crippen molar-refractivity contribution < 1.29 is 0 Å². The van der Waals surface area contributed by atoms with E-state index in [9.17, 15) is 0 Å². The predicted molar refractivity (Wildman–Crippen MR) is 42.1 cm³/mol. The van der Waals surface area contributed by atoms with Crippen LogP contribution in [0.5, 0.6) is 0 Å². The Bertz CT molecular complexity index is 97.0. The van der Waals surface area contributed by atoms with Gasteiger partial charge in [-0.25, -0.2) is 0 Å². The van der Waals surface area contributed by atoms with E-state index in [1.54, 1.807) is 0 Å². The van der Waals surface area contributed by atoms with Crippen molar-refractivity contribution in [1.82, 2.24) is 0 Å². The summed E-state index contributed by atoms with van der Waals surface area (Å²) in [6.07, 6.45) is 7.30. The lowest BCUT2D eigenvalue weighted by Gasteiger charge is -1.77. The monoisotopic (exact) mass is 174 g/mol. The van der Waals surface area contributed by atoms with Crippen LogP contribution in [0.25, 0.3) is 0 Å². The van der Waals surface area contributed by atoms with Crippen molar-refractivity contribution in [2.45, 2.75) is 20.3 Å². The SMILES string of the molecule is CC/C=C\C=C(/C)Br. The van der Waals surface area contributed by atoms with Crippen molar-refractivity contribution >= 4 is 15.9 Å². The largest absolute Gasteiger partial charge is 0.0848 e. The van der Waals surface area contributed by atoms with Crippen molar-refractivity contribution in [3.05, 3.63) is 22.7 Å². The molecule has 0 bridgehead atoms. The summed E-state index contributed by atoms with van der Waals surface area (Å²) in [5.41, 5.74) is 0. The summed E-state index contributed by atoms with van der Waals surface area (Å²) >= 11 is 3.31. The Morgan fingerprint density at radius 3 is 2.62 bits per heavy atom. The van der Waals surface area contributed by atoms with Crippen LogP contribution in [0.4, 0.5) is 0 Å². The highest BCUT2D eigenvalue weighted by Gasteiger charge is 1.69. The van der Waals surface area contributed by atoms with E-state index in [1.807, 2.05) is 19.1 Å². The number of halogens is 1. The van der Waals surface area contributed by atoms with Crippen molar-refractivity contribution in [2.75, 3.05) is 0 Å². The average molecular weight is 175 g/mol. The highest BCUT2D eigenvalue weighted by molar-refractivity contribution is 9.11. The summed E-state index contributed by atoms with van der Waals surface area (Å²) in [5.74, 6) is 0. The number of rotatable bonds is 2. The second kappa shape index (κ2) is 5.10. The van der Waals surface area contributed by atoms with Gasteiger partial charge >= 0.3 is 0 Å². The van der Waals surface area contributed by atoms with Gasteiger partial charge in [0.05, 0.1) is 0 Å². The van der Waals surface area contributed by atoms with Gasteiger partial charge < -0.3 is 0 Å². The lowest BCUT2D eigenvalue weighted by Crippen LogP contribution is -1.54. The minimum atomic E-state index is 1.11. The topological polar surface area (TPSA) is 0 Å². The van der Waals surface area contributed by atoms with E-state index < -0.39 is 0 Å². The highest BCUT2D eigenvalue weighted by Crippen LogP contribution is 2.01. The molecule has 0 amide bonds. The molecule has 0 heterocycles. The van der Waals surface area contributed by atoms with E-state index in [2.05, 4.69) is 28.9 Å². The molecule has 1 heteroatoms. The average Bonchev–Trinajstić information content (AvgIpc) is 1.66. The maximum atomic E-state index is 3.31. The molecule has 0 N–H and O–H groups in total. The molecule has 0 atom stereocenters. The third-order valence-electron chi connectivity index (χ3n) is 0.698. The molecule has 0 aromatic rings. The Kier molecular flexibility index (Phi) is 5.08. The zero-order chi connectivity index (χ0) is 6.41. The zero-order valence-corrected chi connectivity index (χ0v) is 6.90. The Hall–Kier alpha value is -0.0400. The molecule has 0 radical (unpaired) electrons. The van der Waals surface area contributed by atoms with E-state index in [0.29, 0.717) is 0 Å². The first-order valence-corrected chi connectivity index (χ1v) is 3.55. The second-order valence-electron chi connectivity index (χ2n) is 1.59. The number of allylic oxidation sites excluding steroid dienone is 4. The minimum absolute atomic E-state index is 1.11. The van der Waals surface area contributed by atoms with Crippen molar-refractivity contribution in [3.63, 3.8) is 0 Å². The summed E-state index contributed by atoms with van der Waals surface area (Å²) in [6, 6.07) is 0. The Morgan fingerprint density at radius 1 is 1.62 bits per heavy atom. The number of hydrogen-bond donors (Lipinski definition) is 0.